The molecule has 1 amide bonds. The summed E-state index contributed by atoms with van der Waals surface area (Å²) in [6.07, 6.45) is 3.20. The summed E-state index contributed by atoms with van der Waals surface area (Å²) >= 11 is 0. The number of carbonyl (C=O) groups is 1. The van der Waals surface area contributed by atoms with Crippen LogP contribution < -0.4 is 5.32 Å². The van der Waals surface area contributed by atoms with Crippen molar-refractivity contribution >= 4 is 6.09 Å². The van der Waals surface area contributed by atoms with Gasteiger partial charge in [0.25, 0.3) is 0 Å². The largest absolute Gasteiger partial charge is 0.453 e. The smallest absolute Gasteiger partial charge is 0.407 e. The van der Waals surface area contributed by atoms with Crippen molar-refractivity contribution in [3.8, 4) is 0 Å². The second-order valence-corrected chi connectivity index (χ2v) is 2.39. The molecule has 2 atom stereocenters. The third kappa shape index (κ3) is 1.71. The lowest BCUT2D eigenvalue weighted by molar-refractivity contribution is 0.158. The van der Waals surface area contributed by atoms with E-state index in [1.165, 1.54) is 7.11 Å². The Morgan fingerprint density at radius 3 is 2.82 bits per heavy atom. The third-order valence-corrected chi connectivity index (χ3v) is 1.71. The summed E-state index contributed by atoms with van der Waals surface area (Å²) in [5.74, 6) is 0.0501. The third-order valence-electron chi connectivity index (χ3n) is 1.71. The molecule has 0 fully saturated rings. The molecule has 0 aromatic rings. The summed E-state index contributed by atoms with van der Waals surface area (Å²) in [4.78, 5) is 10.6. The summed E-state index contributed by atoms with van der Waals surface area (Å²) in [5.41, 5.74) is 0. The molecule has 0 unspecified atom stereocenters. The Balaban J connectivity index is 2.29. The first-order chi connectivity index (χ1) is 5.27. The number of rotatable bonds is 2. The number of alkyl carbamates (subject to hydrolysis) is 1. The molecule has 1 aliphatic rings. The summed E-state index contributed by atoms with van der Waals surface area (Å²) in [7, 11) is 1.31. The summed E-state index contributed by atoms with van der Waals surface area (Å²) in [5, 5.41) is 11.3. The van der Waals surface area contributed by atoms with E-state index in [4.69, 9.17) is 5.11 Å². The number of ether oxygens (including phenoxy) is 1. The van der Waals surface area contributed by atoms with E-state index in [9.17, 15) is 4.79 Å². The SMILES string of the molecule is COC(=O)N[C@H]1C=C[C@H]1CO. The number of carbonyl (C=O) groups excluding carboxylic acids is 1. The van der Waals surface area contributed by atoms with E-state index in [1.54, 1.807) is 0 Å². The van der Waals surface area contributed by atoms with Crippen LogP contribution in [0.25, 0.3) is 0 Å². The molecule has 0 spiro atoms. The van der Waals surface area contributed by atoms with Crippen LogP contribution in [-0.2, 0) is 4.74 Å². The minimum Gasteiger partial charge on any atom is -0.453 e. The summed E-state index contributed by atoms with van der Waals surface area (Å²) in [6, 6.07) is -0.0625. The van der Waals surface area contributed by atoms with Gasteiger partial charge in [-0.05, 0) is 0 Å². The van der Waals surface area contributed by atoms with Crippen LogP contribution in [-0.4, -0.2) is 31.0 Å². The second kappa shape index (κ2) is 3.39. The van der Waals surface area contributed by atoms with Crippen LogP contribution in [0.15, 0.2) is 12.2 Å². The molecular formula is C7H11NO3. The van der Waals surface area contributed by atoms with E-state index in [2.05, 4.69) is 10.1 Å². The van der Waals surface area contributed by atoms with Crippen LogP contribution in [0.3, 0.4) is 0 Å². The fourth-order valence-corrected chi connectivity index (χ4v) is 0.904. The Hall–Kier alpha value is -1.03. The van der Waals surface area contributed by atoms with Gasteiger partial charge in [0.1, 0.15) is 0 Å². The minimum atomic E-state index is -0.460. The Bertz CT molecular complexity index is 179. The molecule has 0 aromatic heterocycles. The van der Waals surface area contributed by atoms with Crippen LogP contribution in [0.5, 0.6) is 0 Å². The molecule has 0 radical (unpaired) electrons. The molecule has 0 aromatic carbocycles. The summed E-state index contributed by atoms with van der Waals surface area (Å²) < 4.78 is 4.38. The van der Waals surface area contributed by atoms with Crippen molar-refractivity contribution in [2.75, 3.05) is 13.7 Å². The van der Waals surface area contributed by atoms with Gasteiger partial charge in [-0.1, -0.05) is 12.2 Å². The molecule has 11 heavy (non-hydrogen) atoms. The topological polar surface area (TPSA) is 58.6 Å². The zero-order chi connectivity index (χ0) is 8.27. The predicted octanol–water partition coefficient (Wildman–Crippen LogP) is -0.111. The van der Waals surface area contributed by atoms with Gasteiger partial charge in [-0.3, -0.25) is 0 Å². The number of methoxy groups -OCH3 is 1. The number of nitrogens with one attached hydrogen (secondary N) is 1. The lowest BCUT2D eigenvalue weighted by Gasteiger charge is -2.27. The van der Waals surface area contributed by atoms with Gasteiger partial charge in [0.2, 0.25) is 0 Å². The number of hydrogen-bond acceptors (Lipinski definition) is 3. The van der Waals surface area contributed by atoms with E-state index in [-0.39, 0.29) is 18.6 Å². The average molecular weight is 157 g/mol. The predicted molar refractivity (Wildman–Crippen MR) is 39.0 cm³/mol. The lowest BCUT2D eigenvalue weighted by Crippen LogP contribution is -2.43. The fourth-order valence-electron chi connectivity index (χ4n) is 0.904. The van der Waals surface area contributed by atoms with Crippen molar-refractivity contribution in [3.05, 3.63) is 12.2 Å². The van der Waals surface area contributed by atoms with Crippen molar-refractivity contribution in [2.24, 2.45) is 5.92 Å². The Morgan fingerprint density at radius 2 is 2.45 bits per heavy atom. The van der Waals surface area contributed by atoms with Crippen molar-refractivity contribution in [3.63, 3.8) is 0 Å². The van der Waals surface area contributed by atoms with Gasteiger partial charge in [-0.25, -0.2) is 4.79 Å². The first-order valence-electron chi connectivity index (χ1n) is 3.41. The highest BCUT2D eigenvalue weighted by molar-refractivity contribution is 5.68. The molecule has 2 N–H and O–H groups in total. The standard InChI is InChI=1S/C7H11NO3/c1-11-7(10)8-6-3-2-5(6)4-9/h2-3,5-6,9H,4H2,1H3,(H,8,10)/t5-,6-/m0/s1. The van der Waals surface area contributed by atoms with Gasteiger partial charge in [0.15, 0.2) is 0 Å². The quantitative estimate of drug-likeness (QED) is 0.550. The minimum absolute atomic E-state index is 0.0501. The highest BCUT2D eigenvalue weighted by Gasteiger charge is 2.24. The zero-order valence-electron chi connectivity index (χ0n) is 6.28. The van der Waals surface area contributed by atoms with Crippen molar-refractivity contribution in [1.29, 1.82) is 0 Å². The zero-order valence-corrected chi connectivity index (χ0v) is 6.28. The van der Waals surface area contributed by atoms with Gasteiger partial charge in [0, 0.05) is 5.92 Å². The highest BCUT2D eigenvalue weighted by Crippen LogP contribution is 2.16. The molecule has 62 valence electrons. The fraction of sp³-hybridized carbons (Fsp3) is 0.571. The average Bonchev–Trinajstić information content (AvgIpc) is 1.98. The maximum Gasteiger partial charge on any atom is 0.407 e. The molecule has 0 heterocycles. The summed E-state index contributed by atoms with van der Waals surface area (Å²) in [6.45, 7) is 0.0607. The van der Waals surface area contributed by atoms with E-state index in [0.717, 1.165) is 0 Å². The van der Waals surface area contributed by atoms with E-state index in [0.29, 0.717) is 0 Å². The lowest BCUT2D eigenvalue weighted by atomic mass is 9.90. The highest BCUT2D eigenvalue weighted by atomic mass is 16.5. The molecule has 0 aliphatic heterocycles. The van der Waals surface area contributed by atoms with Gasteiger partial charge in [-0.15, -0.1) is 0 Å². The number of amides is 1. The van der Waals surface area contributed by atoms with Crippen molar-refractivity contribution in [2.45, 2.75) is 6.04 Å². The Kier molecular flexibility index (Phi) is 2.48. The monoisotopic (exact) mass is 157 g/mol. The van der Waals surface area contributed by atoms with Crippen LogP contribution in [0.2, 0.25) is 0 Å². The van der Waals surface area contributed by atoms with Crippen LogP contribution in [0.4, 0.5) is 4.79 Å². The van der Waals surface area contributed by atoms with Gasteiger partial charge in [0.05, 0.1) is 19.8 Å². The molecule has 0 saturated carbocycles. The van der Waals surface area contributed by atoms with E-state index >= 15 is 0 Å². The maximum absolute atomic E-state index is 10.6. The first-order valence-corrected chi connectivity index (χ1v) is 3.41. The molecule has 1 rings (SSSR count). The molecular weight excluding hydrogens is 146 g/mol. The molecule has 4 nitrogen and oxygen atoms in total. The second-order valence-electron chi connectivity index (χ2n) is 2.39. The molecule has 4 heteroatoms. The van der Waals surface area contributed by atoms with Crippen LogP contribution >= 0.6 is 0 Å². The number of hydrogen-bond donors (Lipinski definition) is 2. The van der Waals surface area contributed by atoms with Crippen molar-refractivity contribution < 1.29 is 14.6 Å². The van der Waals surface area contributed by atoms with E-state index in [1.807, 2.05) is 12.2 Å². The van der Waals surface area contributed by atoms with Gasteiger partial charge < -0.3 is 15.2 Å². The van der Waals surface area contributed by atoms with Crippen molar-refractivity contribution in [1.82, 2.24) is 5.32 Å². The molecule has 1 aliphatic carbocycles. The van der Waals surface area contributed by atoms with Gasteiger partial charge >= 0.3 is 6.09 Å². The van der Waals surface area contributed by atoms with Crippen LogP contribution in [0.1, 0.15) is 0 Å². The van der Waals surface area contributed by atoms with Gasteiger partial charge in [-0.2, -0.15) is 0 Å². The van der Waals surface area contributed by atoms with Crippen LogP contribution in [0, 0.1) is 5.92 Å². The molecule has 0 bridgehead atoms. The Morgan fingerprint density at radius 1 is 1.73 bits per heavy atom. The number of aliphatic hydroxyl groups excluding tert-OH is 1. The maximum atomic E-state index is 10.6. The molecule has 0 saturated heterocycles. The van der Waals surface area contributed by atoms with E-state index < -0.39 is 6.09 Å². The first kappa shape index (κ1) is 8.07. The number of aliphatic hydroxyl groups is 1. The Labute approximate surface area is 64.9 Å². The normalized spacial score (nSPS) is 27.5.